The Kier molecular flexibility index (Phi) is 5.94. The second kappa shape index (κ2) is 8.96. The summed E-state index contributed by atoms with van der Waals surface area (Å²) >= 11 is 3.38. The van der Waals surface area contributed by atoms with E-state index in [2.05, 4.69) is 62.6 Å². The van der Waals surface area contributed by atoms with E-state index in [4.69, 9.17) is 4.74 Å². The summed E-state index contributed by atoms with van der Waals surface area (Å²) in [7, 11) is 0. The van der Waals surface area contributed by atoms with Crippen LogP contribution >= 0.6 is 15.9 Å². The lowest BCUT2D eigenvalue weighted by Gasteiger charge is -2.06. The zero-order valence-corrected chi connectivity index (χ0v) is 17.9. The minimum atomic E-state index is -0.299. The Morgan fingerprint density at radius 3 is 2.60 bits per heavy atom. The van der Waals surface area contributed by atoms with Gasteiger partial charge in [0.15, 0.2) is 12.4 Å². The fourth-order valence-electron chi connectivity index (χ4n) is 2.82. The number of nitrogens with one attached hydrogen (secondary N) is 1. The van der Waals surface area contributed by atoms with Gasteiger partial charge in [-0.2, -0.15) is 10.2 Å². The van der Waals surface area contributed by atoms with E-state index < -0.39 is 0 Å². The molecule has 8 heteroatoms. The molecule has 4 rings (SSSR count). The normalized spacial score (nSPS) is 10.7. The molecule has 0 atom stereocenters. The van der Waals surface area contributed by atoms with E-state index in [0.717, 1.165) is 15.8 Å². The van der Waals surface area contributed by atoms with Gasteiger partial charge in [-0.1, -0.05) is 45.8 Å². The molecular formula is C22H20BrN5O2. The minimum absolute atomic E-state index is 0.212. The van der Waals surface area contributed by atoms with E-state index in [0.29, 0.717) is 17.9 Å². The molecule has 0 saturated carbocycles. The number of nitrogens with zero attached hydrogens (tertiary/aromatic N) is 4. The number of hydrogen-bond acceptors (Lipinski definition) is 4. The second-order valence-corrected chi connectivity index (χ2v) is 7.75. The van der Waals surface area contributed by atoms with E-state index >= 15 is 0 Å². The van der Waals surface area contributed by atoms with E-state index in [1.54, 1.807) is 34.0 Å². The van der Waals surface area contributed by atoms with E-state index in [1.165, 1.54) is 5.56 Å². The Hall–Kier alpha value is -3.39. The van der Waals surface area contributed by atoms with Gasteiger partial charge in [-0.3, -0.25) is 9.48 Å². The maximum absolute atomic E-state index is 12.5. The van der Waals surface area contributed by atoms with Gasteiger partial charge < -0.3 is 10.1 Å². The van der Waals surface area contributed by atoms with Crippen LogP contribution in [0.4, 0.5) is 5.69 Å². The van der Waals surface area contributed by atoms with Crippen molar-refractivity contribution in [2.45, 2.75) is 20.2 Å². The Balaban J connectivity index is 1.32. The van der Waals surface area contributed by atoms with Gasteiger partial charge in [-0.25, -0.2) is 4.68 Å². The number of halogens is 1. The molecule has 30 heavy (non-hydrogen) atoms. The molecule has 0 saturated heterocycles. The molecule has 7 nitrogen and oxygen atoms in total. The highest BCUT2D eigenvalue weighted by Crippen LogP contribution is 2.16. The van der Waals surface area contributed by atoms with Crippen LogP contribution in [0.15, 0.2) is 77.7 Å². The summed E-state index contributed by atoms with van der Waals surface area (Å²) in [6.07, 6.45) is 5.12. The van der Waals surface area contributed by atoms with Crippen LogP contribution in [0.1, 0.15) is 21.6 Å². The first-order valence-electron chi connectivity index (χ1n) is 9.36. The lowest BCUT2D eigenvalue weighted by molar-refractivity contribution is 0.102. The summed E-state index contributed by atoms with van der Waals surface area (Å²) in [5, 5.41) is 11.4. The maximum atomic E-state index is 12.5. The summed E-state index contributed by atoms with van der Waals surface area (Å²) in [6, 6.07) is 17.4. The van der Waals surface area contributed by atoms with Crippen molar-refractivity contribution in [3.8, 4) is 5.75 Å². The molecule has 0 aliphatic heterocycles. The molecule has 1 N–H and O–H groups in total. The van der Waals surface area contributed by atoms with Crippen LogP contribution in [-0.2, 0) is 13.3 Å². The molecule has 4 aromatic rings. The Morgan fingerprint density at radius 2 is 1.83 bits per heavy atom. The topological polar surface area (TPSA) is 74.0 Å². The average molecular weight is 466 g/mol. The van der Waals surface area contributed by atoms with E-state index in [-0.39, 0.29) is 12.6 Å². The molecule has 152 valence electrons. The van der Waals surface area contributed by atoms with Crippen molar-refractivity contribution in [2.24, 2.45) is 0 Å². The first-order valence-corrected chi connectivity index (χ1v) is 10.2. The number of carbonyl (C=O) groups excluding carboxylic acids is 1. The smallest absolute Gasteiger partial charge is 0.276 e. The quantitative estimate of drug-likeness (QED) is 0.436. The van der Waals surface area contributed by atoms with Crippen molar-refractivity contribution in [2.75, 3.05) is 5.32 Å². The number of carbonyl (C=O) groups is 1. The summed E-state index contributed by atoms with van der Waals surface area (Å²) in [6.45, 7) is 2.90. The van der Waals surface area contributed by atoms with Gasteiger partial charge >= 0.3 is 0 Å². The predicted molar refractivity (Wildman–Crippen MR) is 117 cm³/mol. The maximum Gasteiger partial charge on any atom is 0.276 e. The Morgan fingerprint density at radius 1 is 1.07 bits per heavy atom. The van der Waals surface area contributed by atoms with E-state index in [1.807, 2.05) is 24.3 Å². The zero-order chi connectivity index (χ0) is 20.9. The SMILES string of the molecule is Cc1ccc(Cn2cc(NC(=O)c3ccn(COc4ccc(Br)cc4)n3)cn2)cc1. The van der Waals surface area contributed by atoms with Gasteiger partial charge in [0.1, 0.15) is 5.75 Å². The van der Waals surface area contributed by atoms with Gasteiger partial charge in [0.2, 0.25) is 0 Å². The van der Waals surface area contributed by atoms with E-state index in [9.17, 15) is 4.79 Å². The fraction of sp³-hybridized carbons (Fsp3) is 0.136. The van der Waals surface area contributed by atoms with Gasteiger partial charge in [0, 0.05) is 16.9 Å². The van der Waals surface area contributed by atoms with Crippen LogP contribution in [0.3, 0.4) is 0 Å². The molecule has 0 bridgehead atoms. The Labute approximate surface area is 182 Å². The minimum Gasteiger partial charge on any atom is -0.471 e. The van der Waals surface area contributed by atoms with Crippen LogP contribution in [0.5, 0.6) is 5.75 Å². The highest BCUT2D eigenvalue weighted by Gasteiger charge is 2.11. The van der Waals surface area contributed by atoms with Crippen LogP contribution < -0.4 is 10.1 Å². The lowest BCUT2D eigenvalue weighted by Crippen LogP contribution is -2.14. The van der Waals surface area contributed by atoms with Gasteiger partial charge in [0.25, 0.3) is 5.91 Å². The molecule has 2 aromatic heterocycles. The molecule has 2 aromatic carbocycles. The largest absolute Gasteiger partial charge is 0.471 e. The predicted octanol–water partition coefficient (Wildman–Crippen LogP) is 4.49. The first kappa shape index (κ1) is 19.9. The summed E-state index contributed by atoms with van der Waals surface area (Å²) in [5.74, 6) is 0.424. The van der Waals surface area contributed by atoms with Crippen LogP contribution in [0, 0.1) is 6.92 Å². The van der Waals surface area contributed by atoms with Crippen molar-refractivity contribution < 1.29 is 9.53 Å². The van der Waals surface area contributed by atoms with Crippen LogP contribution in [0.25, 0.3) is 0 Å². The van der Waals surface area contributed by atoms with Crippen molar-refractivity contribution in [1.82, 2.24) is 19.6 Å². The second-order valence-electron chi connectivity index (χ2n) is 6.83. The third kappa shape index (κ3) is 5.15. The molecular weight excluding hydrogens is 446 g/mol. The third-order valence-electron chi connectivity index (χ3n) is 4.41. The molecule has 0 aliphatic rings. The highest BCUT2D eigenvalue weighted by molar-refractivity contribution is 9.10. The number of aryl methyl sites for hydroxylation is 1. The summed E-state index contributed by atoms with van der Waals surface area (Å²) in [4.78, 5) is 12.5. The monoisotopic (exact) mass is 465 g/mol. The van der Waals surface area contributed by atoms with Gasteiger partial charge in [-0.15, -0.1) is 0 Å². The number of rotatable bonds is 7. The fourth-order valence-corrected chi connectivity index (χ4v) is 3.08. The average Bonchev–Trinajstić information content (AvgIpc) is 3.39. The zero-order valence-electron chi connectivity index (χ0n) is 16.3. The lowest BCUT2D eigenvalue weighted by atomic mass is 10.1. The van der Waals surface area contributed by atoms with Crippen LogP contribution in [0.2, 0.25) is 0 Å². The molecule has 0 unspecified atom stereocenters. The molecule has 0 spiro atoms. The number of amides is 1. The number of benzene rings is 2. The van der Waals surface area contributed by atoms with Crippen LogP contribution in [-0.4, -0.2) is 25.5 Å². The number of anilines is 1. The molecule has 0 fully saturated rings. The van der Waals surface area contributed by atoms with Gasteiger partial charge in [0.05, 0.1) is 18.4 Å². The third-order valence-corrected chi connectivity index (χ3v) is 4.94. The van der Waals surface area contributed by atoms with Crippen molar-refractivity contribution in [3.63, 3.8) is 0 Å². The highest BCUT2D eigenvalue weighted by atomic mass is 79.9. The van der Waals surface area contributed by atoms with Crippen molar-refractivity contribution in [1.29, 1.82) is 0 Å². The molecule has 0 aliphatic carbocycles. The molecule has 2 heterocycles. The standard InChI is InChI=1S/C22H20BrN5O2/c1-16-2-4-17(5-3-16)13-28-14-19(12-24-28)25-22(29)21-10-11-27(26-21)15-30-20-8-6-18(23)7-9-20/h2-12,14H,13,15H2,1H3,(H,25,29). The summed E-state index contributed by atoms with van der Waals surface area (Å²) in [5.41, 5.74) is 3.29. The number of aromatic nitrogens is 4. The summed E-state index contributed by atoms with van der Waals surface area (Å²) < 4.78 is 9.99. The van der Waals surface area contributed by atoms with Gasteiger partial charge in [-0.05, 0) is 42.8 Å². The van der Waals surface area contributed by atoms with Crippen molar-refractivity contribution >= 4 is 27.5 Å². The first-order chi connectivity index (χ1) is 14.5. The molecule has 0 radical (unpaired) electrons. The number of ether oxygens (including phenoxy) is 1. The number of hydrogen-bond donors (Lipinski definition) is 1. The molecule has 1 amide bonds. The van der Waals surface area contributed by atoms with Crippen molar-refractivity contribution in [3.05, 3.63) is 94.5 Å². The Bertz CT molecular complexity index is 1130.